The number of H-pyrrole nitrogens is 1. The fourth-order valence-electron chi connectivity index (χ4n) is 4.96. The fourth-order valence-corrected chi connectivity index (χ4v) is 4.96. The first-order chi connectivity index (χ1) is 13.6. The van der Waals surface area contributed by atoms with Crippen molar-refractivity contribution >= 4 is 22.7 Å². The second-order valence-corrected chi connectivity index (χ2v) is 8.44. The van der Waals surface area contributed by atoms with E-state index in [1.807, 2.05) is 35.2 Å². The van der Waals surface area contributed by atoms with Crippen LogP contribution in [0.25, 0.3) is 10.9 Å². The van der Waals surface area contributed by atoms with Crippen LogP contribution in [0.2, 0.25) is 0 Å². The lowest BCUT2D eigenvalue weighted by Gasteiger charge is -2.36. The summed E-state index contributed by atoms with van der Waals surface area (Å²) in [4.78, 5) is 32.6. The number of rotatable bonds is 4. The number of piperidine rings is 1. The van der Waals surface area contributed by atoms with E-state index in [4.69, 9.17) is 0 Å². The average molecular weight is 382 g/mol. The Hall–Kier alpha value is -2.30. The number of aryl methyl sites for hydroxylation is 1. The van der Waals surface area contributed by atoms with Crippen molar-refractivity contribution in [3.8, 4) is 0 Å². The molecule has 2 saturated heterocycles. The summed E-state index contributed by atoms with van der Waals surface area (Å²) < 4.78 is 0. The van der Waals surface area contributed by atoms with E-state index in [-0.39, 0.29) is 11.8 Å². The average Bonchev–Trinajstić information content (AvgIpc) is 3.07. The van der Waals surface area contributed by atoms with Crippen molar-refractivity contribution in [1.29, 1.82) is 0 Å². The zero-order valence-electron chi connectivity index (χ0n) is 16.8. The molecule has 5 heteroatoms. The lowest BCUT2D eigenvalue weighted by atomic mass is 9.81. The molecule has 2 amide bonds. The molecule has 0 saturated carbocycles. The van der Waals surface area contributed by atoms with Crippen LogP contribution in [0.1, 0.15) is 44.1 Å². The molecule has 2 aliphatic heterocycles. The van der Waals surface area contributed by atoms with Crippen LogP contribution in [0.4, 0.5) is 0 Å². The van der Waals surface area contributed by atoms with Crippen molar-refractivity contribution < 1.29 is 9.59 Å². The Labute approximate surface area is 167 Å². The van der Waals surface area contributed by atoms with Gasteiger partial charge in [-0.1, -0.05) is 24.6 Å². The minimum absolute atomic E-state index is 0.163. The Morgan fingerprint density at radius 1 is 1.11 bits per heavy atom. The highest BCUT2D eigenvalue weighted by Crippen LogP contribution is 2.32. The zero-order valence-corrected chi connectivity index (χ0v) is 16.8. The molecule has 0 radical (unpaired) electrons. The summed E-state index contributed by atoms with van der Waals surface area (Å²) in [7, 11) is 1.93. The molecule has 1 atom stereocenters. The number of likely N-dealkylation sites (tertiary alicyclic amines) is 2. The monoisotopic (exact) mass is 381 g/mol. The third-order valence-electron chi connectivity index (χ3n) is 6.70. The molecular weight excluding hydrogens is 350 g/mol. The minimum Gasteiger partial charge on any atom is -0.361 e. The van der Waals surface area contributed by atoms with E-state index < -0.39 is 0 Å². The summed E-state index contributed by atoms with van der Waals surface area (Å²) in [6.45, 7) is 2.48. The van der Waals surface area contributed by atoms with Crippen molar-refractivity contribution in [2.45, 2.75) is 44.9 Å². The van der Waals surface area contributed by atoms with Gasteiger partial charge in [0.1, 0.15) is 0 Å². The predicted molar refractivity (Wildman–Crippen MR) is 111 cm³/mol. The van der Waals surface area contributed by atoms with Crippen LogP contribution >= 0.6 is 0 Å². The molecule has 4 rings (SSSR count). The third-order valence-corrected chi connectivity index (χ3v) is 6.70. The molecule has 5 nitrogen and oxygen atoms in total. The second kappa shape index (κ2) is 8.38. The van der Waals surface area contributed by atoms with Crippen molar-refractivity contribution in [3.63, 3.8) is 0 Å². The van der Waals surface area contributed by atoms with Gasteiger partial charge in [-0.3, -0.25) is 9.59 Å². The summed E-state index contributed by atoms with van der Waals surface area (Å²) in [5, 5.41) is 1.21. The first-order valence-corrected chi connectivity index (χ1v) is 10.7. The Morgan fingerprint density at radius 2 is 1.89 bits per heavy atom. The summed E-state index contributed by atoms with van der Waals surface area (Å²) >= 11 is 0. The predicted octanol–water partition coefficient (Wildman–Crippen LogP) is 3.60. The van der Waals surface area contributed by atoms with E-state index in [2.05, 4.69) is 17.1 Å². The van der Waals surface area contributed by atoms with Crippen LogP contribution in [-0.4, -0.2) is 53.3 Å². The van der Waals surface area contributed by atoms with Crippen molar-refractivity contribution in [3.05, 3.63) is 36.0 Å². The molecule has 1 aromatic carbocycles. The van der Waals surface area contributed by atoms with E-state index in [9.17, 15) is 9.59 Å². The largest absolute Gasteiger partial charge is 0.361 e. The third kappa shape index (κ3) is 3.94. The number of nitrogens with one attached hydrogen (secondary N) is 1. The number of carbonyl (C=O) groups excluding carboxylic acids is 2. The minimum atomic E-state index is 0.163. The summed E-state index contributed by atoms with van der Waals surface area (Å²) in [5.41, 5.74) is 2.34. The molecule has 0 spiro atoms. The van der Waals surface area contributed by atoms with Crippen LogP contribution < -0.4 is 0 Å². The molecule has 150 valence electrons. The maximum Gasteiger partial charge on any atom is 0.225 e. The van der Waals surface area contributed by atoms with E-state index in [1.165, 1.54) is 10.9 Å². The van der Waals surface area contributed by atoms with Gasteiger partial charge in [0.25, 0.3) is 0 Å². The molecule has 1 unspecified atom stereocenters. The molecule has 28 heavy (non-hydrogen) atoms. The number of hydrogen-bond donors (Lipinski definition) is 1. The van der Waals surface area contributed by atoms with E-state index in [0.717, 1.165) is 63.7 Å². The van der Waals surface area contributed by atoms with Crippen molar-refractivity contribution in [2.75, 3.05) is 26.7 Å². The number of amides is 2. The van der Waals surface area contributed by atoms with Gasteiger partial charge in [0.15, 0.2) is 0 Å². The number of aromatic amines is 1. The van der Waals surface area contributed by atoms with Gasteiger partial charge in [-0.15, -0.1) is 0 Å². The topological polar surface area (TPSA) is 56.4 Å². The molecule has 0 aliphatic carbocycles. The number of hydrogen-bond acceptors (Lipinski definition) is 2. The van der Waals surface area contributed by atoms with Crippen LogP contribution in [-0.2, 0) is 16.0 Å². The quantitative estimate of drug-likeness (QED) is 0.880. The maximum atomic E-state index is 12.7. The standard InChI is InChI=1S/C23H31N3O2/c1-25-13-5-4-7-20(23(25)28)17-11-14-26(15-12-17)22(27)10-9-18-16-24-21-8-3-2-6-19(18)21/h2-3,6,8,16-17,20,24H,4-5,7,9-15H2,1H3. The van der Waals surface area contributed by atoms with Crippen molar-refractivity contribution in [2.24, 2.45) is 11.8 Å². The summed E-state index contributed by atoms with van der Waals surface area (Å²) in [6.07, 6.45) is 8.55. The first kappa shape index (κ1) is 19.0. The SMILES string of the molecule is CN1CCCCC(C2CCN(C(=O)CCc3c[nH]c4ccccc34)CC2)C1=O. The first-order valence-electron chi connectivity index (χ1n) is 10.7. The zero-order chi connectivity index (χ0) is 19.5. The molecule has 1 aromatic heterocycles. The van der Waals surface area contributed by atoms with Crippen molar-refractivity contribution in [1.82, 2.24) is 14.8 Å². The Bertz CT molecular complexity index is 835. The Morgan fingerprint density at radius 3 is 2.71 bits per heavy atom. The highest BCUT2D eigenvalue weighted by molar-refractivity contribution is 5.84. The van der Waals surface area contributed by atoms with Crippen LogP contribution in [0, 0.1) is 11.8 Å². The van der Waals surface area contributed by atoms with Gasteiger partial charge in [0.2, 0.25) is 11.8 Å². The number of carbonyl (C=O) groups is 2. The van der Waals surface area contributed by atoms with E-state index in [1.54, 1.807) is 0 Å². The molecule has 0 bridgehead atoms. The van der Waals surface area contributed by atoms with Gasteiger partial charge in [0.05, 0.1) is 0 Å². The highest BCUT2D eigenvalue weighted by atomic mass is 16.2. The lowest BCUT2D eigenvalue weighted by molar-refractivity contribution is -0.137. The molecule has 2 aromatic rings. The Balaban J connectivity index is 1.30. The van der Waals surface area contributed by atoms with Gasteiger partial charge in [0, 0.05) is 56.1 Å². The molecule has 3 heterocycles. The second-order valence-electron chi connectivity index (χ2n) is 8.44. The van der Waals surface area contributed by atoms with Gasteiger partial charge < -0.3 is 14.8 Å². The van der Waals surface area contributed by atoms with Gasteiger partial charge >= 0.3 is 0 Å². The normalized spacial score (nSPS) is 21.9. The lowest BCUT2D eigenvalue weighted by Crippen LogP contribution is -2.43. The van der Waals surface area contributed by atoms with Gasteiger partial charge in [-0.2, -0.15) is 0 Å². The molecule has 2 fully saturated rings. The number of aromatic nitrogens is 1. The molecule has 2 aliphatic rings. The van der Waals surface area contributed by atoms with Crippen LogP contribution in [0.5, 0.6) is 0 Å². The highest BCUT2D eigenvalue weighted by Gasteiger charge is 2.34. The number of para-hydroxylation sites is 1. The molecular formula is C23H31N3O2. The van der Waals surface area contributed by atoms with E-state index in [0.29, 0.717) is 18.2 Å². The number of fused-ring (bicyclic) bond motifs is 1. The van der Waals surface area contributed by atoms with Crippen LogP contribution in [0.3, 0.4) is 0 Å². The van der Waals surface area contributed by atoms with Gasteiger partial charge in [-0.05, 0) is 49.7 Å². The fraction of sp³-hybridized carbons (Fsp3) is 0.565. The van der Waals surface area contributed by atoms with Crippen LogP contribution in [0.15, 0.2) is 30.5 Å². The van der Waals surface area contributed by atoms with E-state index >= 15 is 0 Å². The summed E-state index contributed by atoms with van der Waals surface area (Å²) in [5.74, 6) is 1.16. The number of nitrogens with zero attached hydrogens (tertiary/aromatic N) is 2. The smallest absolute Gasteiger partial charge is 0.225 e. The molecule has 1 N–H and O–H groups in total. The van der Waals surface area contributed by atoms with Gasteiger partial charge in [-0.25, -0.2) is 0 Å². The number of benzene rings is 1. The maximum absolute atomic E-state index is 12.7. The Kier molecular flexibility index (Phi) is 5.69. The summed E-state index contributed by atoms with van der Waals surface area (Å²) in [6, 6.07) is 8.24.